The molecule has 4 rings (SSSR count). The minimum Gasteiger partial charge on any atom is -0.433 e. The van der Waals surface area contributed by atoms with Crippen molar-refractivity contribution in [3.63, 3.8) is 0 Å². The fourth-order valence-corrected chi connectivity index (χ4v) is 5.80. The van der Waals surface area contributed by atoms with Crippen LogP contribution in [-0.4, -0.2) is 38.0 Å². The predicted molar refractivity (Wildman–Crippen MR) is 127 cm³/mol. The molecular formula is C21H19F2N5O2S3. The lowest BCUT2D eigenvalue weighted by Crippen LogP contribution is -2.16. The Morgan fingerprint density at radius 1 is 1.15 bits per heavy atom. The summed E-state index contributed by atoms with van der Waals surface area (Å²) in [5, 5.41) is 11.7. The van der Waals surface area contributed by atoms with Crippen molar-refractivity contribution in [2.45, 2.75) is 35.3 Å². The van der Waals surface area contributed by atoms with Crippen LogP contribution in [0.4, 0.5) is 14.5 Å². The van der Waals surface area contributed by atoms with E-state index in [9.17, 15) is 13.6 Å². The summed E-state index contributed by atoms with van der Waals surface area (Å²) in [6, 6.07) is 14.1. The zero-order chi connectivity index (χ0) is 23.2. The van der Waals surface area contributed by atoms with Crippen LogP contribution in [0.2, 0.25) is 0 Å². The van der Waals surface area contributed by atoms with Gasteiger partial charge in [-0.05, 0) is 31.2 Å². The standard InChI is InChI=1S/C21H19F2N5O2S3/c1-2-28-17(11-32-21-25-14-8-4-6-10-16(14)33-21)26-27-20(28)31-12-18(29)24-13-7-3-5-9-15(13)30-19(22)23/h3-10,19H,2,11-12H2,1H3,(H,24,29). The molecule has 0 saturated heterocycles. The number of nitrogens with one attached hydrogen (secondary N) is 1. The van der Waals surface area contributed by atoms with Gasteiger partial charge < -0.3 is 14.6 Å². The maximum Gasteiger partial charge on any atom is 0.387 e. The van der Waals surface area contributed by atoms with E-state index in [4.69, 9.17) is 0 Å². The molecule has 0 aliphatic rings. The number of aromatic nitrogens is 4. The monoisotopic (exact) mass is 507 g/mol. The van der Waals surface area contributed by atoms with Crippen LogP contribution in [-0.2, 0) is 17.1 Å². The van der Waals surface area contributed by atoms with Gasteiger partial charge in [0.25, 0.3) is 0 Å². The molecule has 12 heteroatoms. The third-order valence-corrected chi connectivity index (χ3v) is 7.56. The third-order valence-electron chi connectivity index (χ3n) is 4.42. The van der Waals surface area contributed by atoms with Crippen LogP contribution in [0.3, 0.4) is 0 Å². The molecule has 4 aromatic rings. The number of nitrogens with zero attached hydrogens (tertiary/aromatic N) is 4. The zero-order valence-electron chi connectivity index (χ0n) is 17.4. The second kappa shape index (κ2) is 10.9. The van der Waals surface area contributed by atoms with E-state index in [1.54, 1.807) is 35.2 Å². The van der Waals surface area contributed by atoms with Crippen molar-refractivity contribution >= 4 is 56.7 Å². The minimum atomic E-state index is -2.97. The van der Waals surface area contributed by atoms with Crippen LogP contribution in [0.15, 0.2) is 58.0 Å². The first kappa shape index (κ1) is 23.5. The van der Waals surface area contributed by atoms with Crippen LogP contribution in [0.5, 0.6) is 5.75 Å². The molecule has 33 heavy (non-hydrogen) atoms. The van der Waals surface area contributed by atoms with Crippen molar-refractivity contribution in [3.8, 4) is 5.75 Å². The number of para-hydroxylation sites is 3. The first-order valence-corrected chi connectivity index (χ1v) is 12.7. The highest BCUT2D eigenvalue weighted by Crippen LogP contribution is 2.32. The average molecular weight is 508 g/mol. The lowest BCUT2D eigenvalue weighted by Gasteiger charge is -2.11. The molecule has 1 amide bonds. The van der Waals surface area contributed by atoms with Crippen LogP contribution in [0.1, 0.15) is 12.7 Å². The number of alkyl halides is 2. The predicted octanol–water partition coefficient (Wildman–Crippen LogP) is 5.53. The molecule has 0 radical (unpaired) electrons. The molecule has 0 aliphatic carbocycles. The van der Waals surface area contributed by atoms with Gasteiger partial charge in [0.05, 0.1) is 27.4 Å². The molecule has 0 bridgehead atoms. The van der Waals surface area contributed by atoms with Crippen LogP contribution in [0, 0.1) is 0 Å². The fraction of sp³-hybridized carbons (Fsp3) is 0.238. The van der Waals surface area contributed by atoms with Crippen LogP contribution < -0.4 is 10.1 Å². The third kappa shape index (κ3) is 6.01. The van der Waals surface area contributed by atoms with E-state index in [1.165, 1.54) is 23.9 Å². The highest BCUT2D eigenvalue weighted by molar-refractivity contribution is 8.00. The van der Waals surface area contributed by atoms with Gasteiger partial charge in [0.15, 0.2) is 9.50 Å². The topological polar surface area (TPSA) is 81.9 Å². The number of rotatable bonds is 10. The lowest BCUT2D eigenvalue weighted by molar-refractivity contribution is -0.113. The summed E-state index contributed by atoms with van der Waals surface area (Å²) in [6.07, 6.45) is 0. The van der Waals surface area contributed by atoms with Gasteiger partial charge in [0, 0.05) is 6.54 Å². The molecule has 7 nitrogen and oxygen atoms in total. The Bertz CT molecular complexity index is 1210. The van der Waals surface area contributed by atoms with Crippen molar-refractivity contribution in [1.82, 2.24) is 19.7 Å². The fourth-order valence-electron chi connectivity index (χ4n) is 2.97. The molecular weight excluding hydrogens is 488 g/mol. The number of carbonyl (C=O) groups is 1. The summed E-state index contributed by atoms with van der Waals surface area (Å²) in [6.45, 7) is -0.339. The number of thioether (sulfide) groups is 2. The molecule has 172 valence electrons. The number of halogens is 2. The smallest absolute Gasteiger partial charge is 0.387 e. The number of anilines is 1. The number of amides is 1. The first-order valence-electron chi connectivity index (χ1n) is 9.90. The zero-order valence-corrected chi connectivity index (χ0v) is 19.9. The molecule has 2 aromatic heterocycles. The second-order valence-electron chi connectivity index (χ2n) is 6.59. The highest BCUT2D eigenvalue weighted by atomic mass is 32.2. The Balaban J connectivity index is 1.36. The highest BCUT2D eigenvalue weighted by Gasteiger charge is 2.16. The second-order valence-corrected chi connectivity index (χ2v) is 9.79. The quantitative estimate of drug-likeness (QED) is 0.283. The van der Waals surface area contributed by atoms with Gasteiger partial charge >= 0.3 is 6.61 Å². The Morgan fingerprint density at radius 2 is 1.94 bits per heavy atom. The Labute approximate surface area is 201 Å². The number of ether oxygens (including phenoxy) is 1. The van der Waals surface area contributed by atoms with Gasteiger partial charge in [0.2, 0.25) is 5.91 Å². The lowest BCUT2D eigenvalue weighted by atomic mass is 10.3. The number of hydrogen-bond donors (Lipinski definition) is 1. The summed E-state index contributed by atoms with van der Waals surface area (Å²) in [5.74, 6) is 0.996. The van der Waals surface area contributed by atoms with E-state index in [1.807, 2.05) is 35.8 Å². The van der Waals surface area contributed by atoms with E-state index >= 15 is 0 Å². The number of fused-ring (bicyclic) bond motifs is 1. The van der Waals surface area contributed by atoms with Crippen molar-refractivity contribution in [1.29, 1.82) is 0 Å². The summed E-state index contributed by atoms with van der Waals surface area (Å²) >= 11 is 4.46. The molecule has 0 spiro atoms. The van der Waals surface area contributed by atoms with Crippen molar-refractivity contribution in [2.75, 3.05) is 11.1 Å². The Morgan fingerprint density at radius 3 is 2.73 bits per heavy atom. The van der Waals surface area contributed by atoms with E-state index in [0.29, 0.717) is 17.5 Å². The van der Waals surface area contributed by atoms with Crippen molar-refractivity contribution in [2.24, 2.45) is 0 Å². The average Bonchev–Trinajstić information content (AvgIpc) is 3.40. The number of thiazole rings is 1. The van der Waals surface area contributed by atoms with E-state index in [0.717, 1.165) is 20.4 Å². The number of benzene rings is 2. The molecule has 0 saturated carbocycles. The van der Waals surface area contributed by atoms with Crippen molar-refractivity contribution < 1.29 is 18.3 Å². The summed E-state index contributed by atoms with van der Waals surface area (Å²) in [5.41, 5.74) is 1.16. The molecule has 2 heterocycles. The van der Waals surface area contributed by atoms with Gasteiger partial charge in [-0.1, -0.05) is 47.8 Å². The van der Waals surface area contributed by atoms with Gasteiger partial charge in [-0.25, -0.2) is 4.98 Å². The van der Waals surface area contributed by atoms with Crippen LogP contribution >= 0.6 is 34.9 Å². The first-order chi connectivity index (χ1) is 16.0. The van der Waals surface area contributed by atoms with E-state index < -0.39 is 6.61 Å². The molecule has 0 aliphatic heterocycles. The summed E-state index contributed by atoms with van der Waals surface area (Å²) in [7, 11) is 0. The summed E-state index contributed by atoms with van der Waals surface area (Å²) < 4.78 is 33.6. The molecule has 0 unspecified atom stereocenters. The SMILES string of the molecule is CCn1c(CSc2nc3ccccc3s2)nnc1SCC(=O)Nc1ccccc1OC(F)F. The van der Waals surface area contributed by atoms with Gasteiger partial charge in [-0.2, -0.15) is 8.78 Å². The normalized spacial score (nSPS) is 11.3. The van der Waals surface area contributed by atoms with E-state index in [2.05, 4.69) is 25.2 Å². The maximum absolute atomic E-state index is 12.6. The van der Waals surface area contributed by atoms with E-state index in [-0.39, 0.29) is 23.1 Å². The Hall–Kier alpha value is -2.70. The van der Waals surface area contributed by atoms with Gasteiger partial charge in [0.1, 0.15) is 11.6 Å². The van der Waals surface area contributed by atoms with Gasteiger partial charge in [-0.3, -0.25) is 4.79 Å². The summed E-state index contributed by atoms with van der Waals surface area (Å²) in [4.78, 5) is 17.0. The molecule has 0 atom stereocenters. The molecule has 0 fully saturated rings. The largest absolute Gasteiger partial charge is 0.433 e. The molecule has 2 aromatic carbocycles. The number of hydrogen-bond acceptors (Lipinski definition) is 8. The van der Waals surface area contributed by atoms with Gasteiger partial charge in [-0.15, -0.1) is 21.5 Å². The van der Waals surface area contributed by atoms with Crippen LogP contribution in [0.25, 0.3) is 10.2 Å². The maximum atomic E-state index is 12.6. The Kier molecular flexibility index (Phi) is 7.78. The number of carbonyl (C=O) groups excluding carboxylic acids is 1. The molecule has 1 N–H and O–H groups in total. The minimum absolute atomic E-state index is 0.0478. The van der Waals surface area contributed by atoms with Crippen molar-refractivity contribution in [3.05, 3.63) is 54.4 Å².